The van der Waals surface area contributed by atoms with Crippen molar-refractivity contribution >= 4 is 57.4 Å². The fourth-order valence-electron chi connectivity index (χ4n) is 0. The molecule has 0 aromatic rings. The molecule has 2 N–H and O–H groups in total. The van der Waals surface area contributed by atoms with E-state index in [-0.39, 0.29) is 51.2 Å². The van der Waals surface area contributed by atoms with Gasteiger partial charge in [0, 0.05) is 0 Å². The molecule has 0 aliphatic rings. The van der Waals surface area contributed by atoms with Crippen LogP contribution in [0.1, 0.15) is 0 Å². The summed E-state index contributed by atoms with van der Waals surface area (Å²) in [6, 6.07) is 0. The van der Waals surface area contributed by atoms with Gasteiger partial charge in [0.25, 0.3) is 0 Å². The minimum atomic E-state index is -1.83. The first-order chi connectivity index (χ1) is 1.73. The molecule has 0 aromatic heterocycles. The molecule has 0 saturated heterocycles. The molecule has 0 fully saturated rings. The maximum atomic E-state index is 8.56. The maximum absolute atomic E-state index is 8.56. The van der Waals surface area contributed by atoms with Gasteiger partial charge in [-0.05, 0) is 0 Å². The SMILES string of the molecule is O=C(O)O.S.[LiH].[LiH]. The molecule has 0 radical (unpaired) electrons. The van der Waals surface area contributed by atoms with Crippen molar-refractivity contribution in [3.05, 3.63) is 0 Å². The van der Waals surface area contributed by atoms with Gasteiger partial charge in [-0.15, -0.1) is 0 Å². The van der Waals surface area contributed by atoms with E-state index < -0.39 is 6.16 Å². The van der Waals surface area contributed by atoms with Crippen LogP contribution in [0.2, 0.25) is 0 Å². The summed E-state index contributed by atoms with van der Waals surface area (Å²) in [4.78, 5) is 8.56. The number of carboxylic acid groups (broad SMARTS) is 2. The van der Waals surface area contributed by atoms with Crippen molar-refractivity contribution in [1.29, 1.82) is 0 Å². The molecule has 0 atom stereocenters. The van der Waals surface area contributed by atoms with Crippen LogP contribution in [0.5, 0.6) is 0 Å². The van der Waals surface area contributed by atoms with Crippen molar-refractivity contribution in [1.82, 2.24) is 0 Å². The summed E-state index contributed by atoms with van der Waals surface area (Å²) in [5.74, 6) is 0. The normalized spacial score (nSPS) is 3.43. The summed E-state index contributed by atoms with van der Waals surface area (Å²) in [6.45, 7) is 0. The van der Waals surface area contributed by atoms with Gasteiger partial charge in [-0.3, -0.25) is 0 Å². The summed E-state index contributed by atoms with van der Waals surface area (Å²) in [5.41, 5.74) is 0. The Balaban J connectivity index is -0.0000000150. The number of rotatable bonds is 0. The van der Waals surface area contributed by atoms with E-state index >= 15 is 0 Å². The van der Waals surface area contributed by atoms with Gasteiger partial charge >= 0.3 is 43.9 Å². The molecule has 0 aliphatic heterocycles. The molecule has 0 spiro atoms. The molecule has 0 unspecified atom stereocenters. The second-order valence-corrected chi connectivity index (χ2v) is 0.283. The Bertz CT molecular complexity index is 35.9. The van der Waals surface area contributed by atoms with Gasteiger partial charge in [0.15, 0.2) is 0 Å². The fourth-order valence-corrected chi connectivity index (χ4v) is 0. The Hall–Kier alpha value is 0.815. The van der Waals surface area contributed by atoms with E-state index in [9.17, 15) is 0 Å². The predicted molar refractivity (Wildman–Crippen MR) is 35.3 cm³/mol. The van der Waals surface area contributed by atoms with E-state index in [2.05, 4.69) is 0 Å². The van der Waals surface area contributed by atoms with Gasteiger partial charge in [0.1, 0.15) is 0 Å². The van der Waals surface area contributed by atoms with Crippen LogP contribution >= 0.6 is 13.5 Å². The molecule has 0 aromatic carbocycles. The molecular weight excluding hydrogens is 106 g/mol. The molecule has 36 valence electrons. The minimum absolute atomic E-state index is 0. The summed E-state index contributed by atoms with van der Waals surface area (Å²) >= 11 is 0. The second-order valence-electron chi connectivity index (χ2n) is 0.283. The summed E-state index contributed by atoms with van der Waals surface area (Å²) < 4.78 is 0. The van der Waals surface area contributed by atoms with Gasteiger partial charge in [-0.25, -0.2) is 4.79 Å². The summed E-state index contributed by atoms with van der Waals surface area (Å²) in [6.07, 6.45) is -1.83. The van der Waals surface area contributed by atoms with Crippen LogP contribution < -0.4 is 0 Å². The van der Waals surface area contributed by atoms with Gasteiger partial charge in [0.05, 0.1) is 0 Å². The average Bonchev–Trinajstić information content (AvgIpc) is 0.811. The number of carbonyl (C=O) groups is 1. The van der Waals surface area contributed by atoms with Crippen LogP contribution in [0.3, 0.4) is 0 Å². The zero-order chi connectivity index (χ0) is 3.58. The molecule has 0 aliphatic carbocycles. The molecule has 0 amide bonds. The predicted octanol–water partition coefficient (Wildman–Crippen LogP) is -0.962. The Morgan fingerprint density at radius 2 is 1.14 bits per heavy atom. The number of hydrogen-bond acceptors (Lipinski definition) is 1. The molecule has 7 heavy (non-hydrogen) atoms. The molecule has 6 heteroatoms. The Labute approximate surface area is 72.3 Å². The summed E-state index contributed by atoms with van der Waals surface area (Å²) in [7, 11) is 0. The van der Waals surface area contributed by atoms with Gasteiger partial charge in [0.2, 0.25) is 0 Å². The molecular formula is CH6Li2O3S. The van der Waals surface area contributed by atoms with E-state index in [0.717, 1.165) is 0 Å². The molecule has 0 heterocycles. The monoisotopic (exact) mass is 112 g/mol. The van der Waals surface area contributed by atoms with E-state index in [4.69, 9.17) is 15.0 Å². The molecule has 0 rings (SSSR count). The standard InChI is InChI=1S/CH2O3.2Li.H2S.2H/c2-1(3)4;;;;;/h(H2,2,3,4);;;1H2;;. The third-order valence-corrected chi connectivity index (χ3v) is 0. The zero-order valence-electron chi connectivity index (χ0n) is 2.30. The first-order valence-electron chi connectivity index (χ1n) is 0.651. The van der Waals surface area contributed by atoms with E-state index in [1.807, 2.05) is 0 Å². The van der Waals surface area contributed by atoms with Crippen molar-refractivity contribution < 1.29 is 15.0 Å². The quantitative estimate of drug-likeness (QED) is 0.397. The third-order valence-electron chi connectivity index (χ3n) is 0. The topological polar surface area (TPSA) is 57.5 Å². The van der Waals surface area contributed by atoms with Crippen LogP contribution in [-0.2, 0) is 0 Å². The first-order valence-corrected chi connectivity index (χ1v) is 0.651. The van der Waals surface area contributed by atoms with Crippen LogP contribution in [0.25, 0.3) is 0 Å². The van der Waals surface area contributed by atoms with Crippen molar-refractivity contribution in [3.8, 4) is 0 Å². The van der Waals surface area contributed by atoms with E-state index in [1.54, 1.807) is 0 Å². The molecule has 0 saturated carbocycles. The average molecular weight is 112 g/mol. The Morgan fingerprint density at radius 1 is 1.14 bits per heavy atom. The van der Waals surface area contributed by atoms with Crippen LogP contribution in [0.4, 0.5) is 4.79 Å². The molecule has 3 nitrogen and oxygen atoms in total. The third kappa shape index (κ3) is 238. The van der Waals surface area contributed by atoms with Crippen LogP contribution in [0.15, 0.2) is 0 Å². The van der Waals surface area contributed by atoms with E-state index in [0.29, 0.717) is 0 Å². The van der Waals surface area contributed by atoms with Gasteiger partial charge < -0.3 is 10.2 Å². The van der Waals surface area contributed by atoms with Crippen molar-refractivity contribution in [2.24, 2.45) is 0 Å². The van der Waals surface area contributed by atoms with Gasteiger partial charge in [-0.1, -0.05) is 0 Å². The van der Waals surface area contributed by atoms with Gasteiger partial charge in [-0.2, -0.15) is 13.5 Å². The van der Waals surface area contributed by atoms with Crippen LogP contribution in [0, 0.1) is 0 Å². The van der Waals surface area contributed by atoms with Crippen LogP contribution in [-0.4, -0.2) is 54.1 Å². The fraction of sp³-hybridized carbons (Fsp3) is 0. The van der Waals surface area contributed by atoms with E-state index in [1.165, 1.54) is 0 Å². The van der Waals surface area contributed by atoms with Crippen molar-refractivity contribution in [2.75, 3.05) is 0 Å². The first kappa shape index (κ1) is 24.9. The Morgan fingerprint density at radius 3 is 1.14 bits per heavy atom. The van der Waals surface area contributed by atoms with Crippen molar-refractivity contribution in [2.45, 2.75) is 0 Å². The Kier molecular flexibility index (Phi) is 56.4. The number of hydrogen-bond donors (Lipinski definition) is 2. The zero-order valence-corrected chi connectivity index (χ0v) is 3.30. The van der Waals surface area contributed by atoms with Crippen molar-refractivity contribution in [3.63, 3.8) is 0 Å². The second kappa shape index (κ2) is 15.8. The molecule has 0 bridgehead atoms. The summed E-state index contributed by atoms with van der Waals surface area (Å²) in [5, 5.41) is 13.9.